The predicted molar refractivity (Wildman–Crippen MR) is 106 cm³/mol. The van der Waals surface area contributed by atoms with E-state index in [1.165, 1.54) is 31.4 Å². The molecule has 3 aromatic rings. The minimum Gasteiger partial charge on any atom is -0.459 e. The van der Waals surface area contributed by atoms with Gasteiger partial charge in [-0.25, -0.2) is 9.18 Å². The number of rotatable bonds is 8. The molecular weight excluding hydrogens is 389 g/mol. The van der Waals surface area contributed by atoms with Gasteiger partial charge in [0.25, 0.3) is 5.91 Å². The van der Waals surface area contributed by atoms with E-state index >= 15 is 0 Å². The number of Topliss-reactive ketones (excluding diaryl/α,β-unsaturated/α-hetero) is 1. The smallest absolute Gasteiger partial charge is 0.329 e. The van der Waals surface area contributed by atoms with Crippen molar-refractivity contribution in [2.45, 2.75) is 25.5 Å². The van der Waals surface area contributed by atoms with Gasteiger partial charge in [-0.1, -0.05) is 30.3 Å². The molecule has 0 radical (unpaired) electrons. The van der Waals surface area contributed by atoms with Crippen LogP contribution in [0, 0.1) is 5.82 Å². The molecule has 2 aromatic carbocycles. The number of ketones is 1. The number of ether oxygens (including phenoxy) is 1. The Morgan fingerprint density at radius 2 is 1.70 bits per heavy atom. The predicted octanol–water partition coefficient (Wildman–Crippen LogP) is 3.57. The number of hydrogen-bond donors (Lipinski definition) is 1. The van der Waals surface area contributed by atoms with Gasteiger partial charge in [0, 0.05) is 12.0 Å². The van der Waals surface area contributed by atoms with Gasteiger partial charge in [0.1, 0.15) is 11.9 Å². The molecular formula is C23H20FNO5. The van der Waals surface area contributed by atoms with Crippen LogP contribution in [0.5, 0.6) is 0 Å². The van der Waals surface area contributed by atoms with E-state index in [0.29, 0.717) is 0 Å². The van der Waals surface area contributed by atoms with Gasteiger partial charge in [0.05, 0.1) is 6.26 Å². The molecule has 1 heterocycles. The fourth-order valence-electron chi connectivity index (χ4n) is 2.84. The van der Waals surface area contributed by atoms with Crippen LogP contribution in [-0.4, -0.2) is 29.8 Å². The topological polar surface area (TPSA) is 85.6 Å². The van der Waals surface area contributed by atoms with E-state index in [-0.39, 0.29) is 17.7 Å². The molecule has 1 amide bonds. The molecule has 3 rings (SSSR count). The molecule has 0 bridgehead atoms. The van der Waals surface area contributed by atoms with Crippen molar-refractivity contribution in [3.8, 4) is 0 Å². The fourth-order valence-corrected chi connectivity index (χ4v) is 2.84. The van der Waals surface area contributed by atoms with Crippen LogP contribution in [0.2, 0.25) is 0 Å². The van der Waals surface area contributed by atoms with Crippen molar-refractivity contribution in [1.29, 1.82) is 0 Å². The third kappa shape index (κ3) is 5.41. The molecule has 6 nitrogen and oxygen atoms in total. The Morgan fingerprint density at radius 1 is 1.00 bits per heavy atom. The number of halogens is 1. The summed E-state index contributed by atoms with van der Waals surface area (Å²) in [4.78, 5) is 37.6. The average Bonchev–Trinajstić information content (AvgIpc) is 3.29. The summed E-state index contributed by atoms with van der Waals surface area (Å²) in [6.45, 7) is 1.43. The second-order valence-electron chi connectivity index (χ2n) is 6.64. The maximum absolute atomic E-state index is 13.1. The van der Waals surface area contributed by atoms with E-state index in [1.807, 2.05) is 30.3 Å². The van der Waals surface area contributed by atoms with Gasteiger partial charge in [-0.05, 0) is 48.9 Å². The van der Waals surface area contributed by atoms with Crippen molar-refractivity contribution in [2.75, 3.05) is 0 Å². The normalized spacial score (nSPS) is 12.6. The molecule has 0 saturated heterocycles. The number of benzene rings is 2. The van der Waals surface area contributed by atoms with Gasteiger partial charge in [-0.3, -0.25) is 9.59 Å². The average molecular weight is 409 g/mol. The molecule has 0 aliphatic rings. The highest BCUT2D eigenvalue weighted by Gasteiger charge is 2.28. The Kier molecular flexibility index (Phi) is 6.75. The quantitative estimate of drug-likeness (QED) is 0.454. The summed E-state index contributed by atoms with van der Waals surface area (Å²) in [6, 6.07) is 16.0. The molecule has 0 aliphatic heterocycles. The molecule has 1 N–H and O–H groups in total. The Bertz CT molecular complexity index is 1000. The van der Waals surface area contributed by atoms with Gasteiger partial charge in [-0.2, -0.15) is 0 Å². The van der Waals surface area contributed by atoms with Crippen molar-refractivity contribution in [3.05, 3.63) is 95.7 Å². The summed E-state index contributed by atoms with van der Waals surface area (Å²) in [5.41, 5.74) is 1.02. The van der Waals surface area contributed by atoms with E-state index in [0.717, 1.165) is 17.7 Å². The van der Waals surface area contributed by atoms with Crippen LogP contribution < -0.4 is 5.32 Å². The Labute approximate surface area is 172 Å². The molecule has 0 spiro atoms. The van der Waals surface area contributed by atoms with E-state index in [4.69, 9.17) is 9.15 Å². The minimum atomic E-state index is -1.11. The second kappa shape index (κ2) is 9.65. The second-order valence-corrected chi connectivity index (χ2v) is 6.64. The summed E-state index contributed by atoms with van der Waals surface area (Å²) < 4.78 is 23.5. The van der Waals surface area contributed by atoms with Crippen LogP contribution in [0.4, 0.5) is 4.39 Å². The highest BCUT2D eigenvalue weighted by molar-refractivity contribution is 6.00. The van der Waals surface area contributed by atoms with Crippen LogP contribution >= 0.6 is 0 Å². The molecule has 30 heavy (non-hydrogen) atoms. The standard InChI is InChI=1S/C23H20FNO5/c1-15(21(26)17-9-11-18(24)12-10-17)30-23(28)19(14-16-6-3-2-4-7-16)25-22(27)20-8-5-13-29-20/h2-13,15,19H,14H2,1H3,(H,25,27)/t15-,19+/m1/s1. The number of carbonyl (C=O) groups excluding carboxylic acids is 3. The van der Waals surface area contributed by atoms with Crippen LogP contribution in [0.1, 0.15) is 33.4 Å². The number of esters is 1. The van der Waals surface area contributed by atoms with Gasteiger partial charge in [0.15, 0.2) is 11.9 Å². The maximum Gasteiger partial charge on any atom is 0.329 e. The number of hydrogen-bond acceptors (Lipinski definition) is 5. The Balaban J connectivity index is 1.72. The highest BCUT2D eigenvalue weighted by Crippen LogP contribution is 2.12. The van der Waals surface area contributed by atoms with Crippen molar-refractivity contribution >= 4 is 17.7 Å². The first-order valence-electron chi connectivity index (χ1n) is 9.32. The van der Waals surface area contributed by atoms with Gasteiger partial charge < -0.3 is 14.5 Å². The number of amides is 1. The lowest BCUT2D eigenvalue weighted by atomic mass is 10.0. The summed E-state index contributed by atoms with van der Waals surface area (Å²) in [5.74, 6) is -2.23. The Hall–Kier alpha value is -3.74. The Morgan fingerprint density at radius 3 is 2.33 bits per heavy atom. The number of carbonyl (C=O) groups is 3. The van der Waals surface area contributed by atoms with Crippen LogP contribution in [0.3, 0.4) is 0 Å². The van der Waals surface area contributed by atoms with Crippen molar-refractivity contribution in [3.63, 3.8) is 0 Å². The largest absolute Gasteiger partial charge is 0.459 e. The first-order valence-corrected chi connectivity index (χ1v) is 9.32. The third-order valence-electron chi connectivity index (χ3n) is 4.41. The zero-order chi connectivity index (χ0) is 21.5. The molecule has 0 saturated carbocycles. The van der Waals surface area contributed by atoms with Gasteiger partial charge >= 0.3 is 5.97 Å². The minimum absolute atomic E-state index is 0.0521. The van der Waals surface area contributed by atoms with Crippen molar-refractivity contribution in [2.24, 2.45) is 0 Å². The molecule has 7 heteroatoms. The number of furan rings is 1. The molecule has 0 unspecified atom stereocenters. The molecule has 154 valence electrons. The first-order chi connectivity index (χ1) is 14.4. The monoisotopic (exact) mass is 409 g/mol. The molecule has 1 aromatic heterocycles. The summed E-state index contributed by atoms with van der Waals surface area (Å²) in [6.07, 6.45) is 0.411. The molecule has 2 atom stereocenters. The summed E-state index contributed by atoms with van der Waals surface area (Å²) >= 11 is 0. The van der Waals surface area contributed by atoms with Gasteiger partial charge in [-0.15, -0.1) is 0 Å². The lowest BCUT2D eigenvalue weighted by Crippen LogP contribution is -2.45. The summed E-state index contributed by atoms with van der Waals surface area (Å²) in [7, 11) is 0. The van der Waals surface area contributed by atoms with Gasteiger partial charge in [0.2, 0.25) is 5.78 Å². The SMILES string of the molecule is C[C@@H](OC(=O)[C@H](Cc1ccccc1)NC(=O)c1ccco1)C(=O)c1ccc(F)cc1. The lowest BCUT2D eigenvalue weighted by molar-refractivity contribution is -0.148. The zero-order valence-electron chi connectivity index (χ0n) is 16.2. The maximum atomic E-state index is 13.1. The van der Waals surface area contributed by atoms with Crippen molar-refractivity contribution in [1.82, 2.24) is 5.32 Å². The molecule has 0 fully saturated rings. The van der Waals surface area contributed by atoms with Crippen molar-refractivity contribution < 1.29 is 27.9 Å². The van der Waals surface area contributed by atoms with E-state index in [9.17, 15) is 18.8 Å². The first kappa shape index (κ1) is 21.0. The van der Waals surface area contributed by atoms with Crippen LogP contribution in [0.25, 0.3) is 0 Å². The van der Waals surface area contributed by atoms with E-state index in [1.54, 1.807) is 6.07 Å². The summed E-state index contributed by atoms with van der Waals surface area (Å²) in [5, 5.41) is 2.59. The lowest BCUT2D eigenvalue weighted by Gasteiger charge is -2.20. The third-order valence-corrected chi connectivity index (χ3v) is 4.41. The highest BCUT2D eigenvalue weighted by atomic mass is 19.1. The van der Waals surface area contributed by atoms with E-state index in [2.05, 4.69) is 5.32 Å². The van der Waals surface area contributed by atoms with Crippen LogP contribution in [0.15, 0.2) is 77.4 Å². The van der Waals surface area contributed by atoms with Crippen LogP contribution in [-0.2, 0) is 16.0 Å². The van der Waals surface area contributed by atoms with E-state index < -0.39 is 35.6 Å². The zero-order valence-corrected chi connectivity index (χ0v) is 16.2. The fraction of sp³-hybridized carbons (Fsp3) is 0.174. The molecule has 0 aliphatic carbocycles. The number of nitrogens with one attached hydrogen (secondary N) is 1.